The molecular formula is C18H19N3O. The second kappa shape index (κ2) is 6.07. The summed E-state index contributed by atoms with van der Waals surface area (Å²) in [5.74, 6) is 2.69. The summed E-state index contributed by atoms with van der Waals surface area (Å²) < 4.78 is 1.85. The summed E-state index contributed by atoms with van der Waals surface area (Å²) in [6.07, 6.45) is 12.5. The zero-order chi connectivity index (χ0) is 15.4. The maximum atomic E-state index is 12.5. The van der Waals surface area contributed by atoms with Gasteiger partial charge in [0.15, 0.2) is 0 Å². The Kier molecular flexibility index (Phi) is 3.97. The Labute approximate surface area is 130 Å². The van der Waals surface area contributed by atoms with Crippen molar-refractivity contribution in [3.8, 4) is 12.3 Å². The van der Waals surface area contributed by atoms with E-state index in [0.29, 0.717) is 13.0 Å². The highest BCUT2D eigenvalue weighted by Gasteiger charge is 2.43. The zero-order valence-corrected chi connectivity index (χ0v) is 12.5. The number of rotatable bonds is 5. The van der Waals surface area contributed by atoms with Crippen LogP contribution in [0.1, 0.15) is 31.2 Å². The van der Waals surface area contributed by atoms with Gasteiger partial charge < -0.3 is 5.32 Å². The molecule has 0 saturated heterocycles. The highest BCUT2D eigenvalue weighted by atomic mass is 16.2. The van der Waals surface area contributed by atoms with Gasteiger partial charge in [-0.1, -0.05) is 18.6 Å². The van der Waals surface area contributed by atoms with E-state index in [1.165, 1.54) is 0 Å². The lowest BCUT2D eigenvalue weighted by atomic mass is 9.66. The SMILES string of the molecule is C#CCC1(C(=O)Nc2cccc(Cn3cccn3)c2)CCC1. The number of carbonyl (C=O) groups is 1. The highest BCUT2D eigenvalue weighted by Crippen LogP contribution is 2.44. The van der Waals surface area contributed by atoms with E-state index in [4.69, 9.17) is 6.42 Å². The number of hydrogen-bond donors (Lipinski definition) is 1. The van der Waals surface area contributed by atoms with Crippen LogP contribution >= 0.6 is 0 Å². The van der Waals surface area contributed by atoms with Crippen LogP contribution in [0, 0.1) is 17.8 Å². The smallest absolute Gasteiger partial charge is 0.231 e. The third-order valence-corrected chi connectivity index (χ3v) is 4.32. The molecule has 1 fully saturated rings. The molecule has 0 atom stereocenters. The number of benzene rings is 1. The summed E-state index contributed by atoms with van der Waals surface area (Å²) >= 11 is 0. The molecule has 112 valence electrons. The van der Waals surface area contributed by atoms with E-state index >= 15 is 0 Å². The zero-order valence-electron chi connectivity index (χ0n) is 12.5. The summed E-state index contributed by atoms with van der Waals surface area (Å²) in [6.45, 7) is 0.687. The van der Waals surface area contributed by atoms with Gasteiger partial charge in [-0.25, -0.2) is 0 Å². The van der Waals surface area contributed by atoms with Crippen LogP contribution in [0.15, 0.2) is 42.7 Å². The summed E-state index contributed by atoms with van der Waals surface area (Å²) in [5, 5.41) is 7.22. The van der Waals surface area contributed by atoms with E-state index in [1.807, 2.05) is 41.2 Å². The maximum absolute atomic E-state index is 12.5. The molecule has 3 rings (SSSR count). The van der Waals surface area contributed by atoms with Gasteiger partial charge in [0, 0.05) is 24.5 Å². The van der Waals surface area contributed by atoms with Crippen LogP contribution < -0.4 is 5.32 Å². The Hall–Kier alpha value is -2.54. The van der Waals surface area contributed by atoms with E-state index in [0.717, 1.165) is 30.5 Å². The van der Waals surface area contributed by atoms with Crippen molar-refractivity contribution in [1.82, 2.24) is 9.78 Å². The number of nitrogens with zero attached hydrogens (tertiary/aromatic N) is 2. The highest BCUT2D eigenvalue weighted by molar-refractivity contribution is 5.96. The van der Waals surface area contributed by atoms with Crippen LogP contribution in [-0.4, -0.2) is 15.7 Å². The Balaban J connectivity index is 1.70. The van der Waals surface area contributed by atoms with Crippen LogP contribution in [0.5, 0.6) is 0 Å². The Morgan fingerprint density at radius 2 is 2.27 bits per heavy atom. The predicted molar refractivity (Wildman–Crippen MR) is 86.1 cm³/mol. The van der Waals surface area contributed by atoms with Crippen molar-refractivity contribution >= 4 is 11.6 Å². The number of carbonyl (C=O) groups excluding carboxylic acids is 1. The molecule has 0 spiro atoms. The Bertz CT molecular complexity index is 693. The molecule has 1 aromatic heterocycles. The largest absolute Gasteiger partial charge is 0.326 e. The number of anilines is 1. The first-order chi connectivity index (χ1) is 10.7. The van der Waals surface area contributed by atoms with Gasteiger partial charge in [-0.2, -0.15) is 5.10 Å². The molecule has 1 aliphatic carbocycles. The van der Waals surface area contributed by atoms with Gasteiger partial charge in [0.2, 0.25) is 5.91 Å². The normalized spacial score (nSPS) is 15.6. The lowest BCUT2D eigenvalue weighted by Crippen LogP contribution is -2.41. The average molecular weight is 293 g/mol. The van der Waals surface area contributed by atoms with Crippen LogP contribution in [0.25, 0.3) is 0 Å². The first kappa shape index (κ1) is 14.4. The van der Waals surface area contributed by atoms with Crippen LogP contribution in [-0.2, 0) is 11.3 Å². The number of terminal acetylenes is 1. The van der Waals surface area contributed by atoms with E-state index in [-0.39, 0.29) is 11.3 Å². The van der Waals surface area contributed by atoms with E-state index in [9.17, 15) is 4.79 Å². The molecule has 1 amide bonds. The minimum Gasteiger partial charge on any atom is -0.326 e. The third-order valence-electron chi connectivity index (χ3n) is 4.32. The van der Waals surface area contributed by atoms with Gasteiger partial charge in [-0.3, -0.25) is 9.48 Å². The van der Waals surface area contributed by atoms with E-state index < -0.39 is 0 Å². The van der Waals surface area contributed by atoms with Gasteiger partial charge >= 0.3 is 0 Å². The van der Waals surface area contributed by atoms with Gasteiger partial charge in [-0.15, -0.1) is 12.3 Å². The lowest BCUT2D eigenvalue weighted by molar-refractivity contribution is -0.129. The minimum absolute atomic E-state index is 0.0490. The summed E-state index contributed by atoms with van der Waals surface area (Å²) in [7, 11) is 0. The van der Waals surface area contributed by atoms with Crippen molar-refractivity contribution in [2.75, 3.05) is 5.32 Å². The number of hydrogen-bond acceptors (Lipinski definition) is 2. The summed E-state index contributed by atoms with van der Waals surface area (Å²) in [5.41, 5.74) is 1.56. The van der Waals surface area contributed by atoms with Crippen molar-refractivity contribution < 1.29 is 4.79 Å². The number of aromatic nitrogens is 2. The average Bonchev–Trinajstić information content (AvgIpc) is 2.96. The first-order valence-electron chi connectivity index (χ1n) is 7.53. The molecule has 1 heterocycles. The van der Waals surface area contributed by atoms with E-state index in [1.54, 1.807) is 6.20 Å². The van der Waals surface area contributed by atoms with Crippen LogP contribution in [0.3, 0.4) is 0 Å². The monoisotopic (exact) mass is 293 g/mol. The van der Waals surface area contributed by atoms with Crippen molar-refractivity contribution in [1.29, 1.82) is 0 Å². The fourth-order valence-corrected chi connectivity index (χ4v) is 2.88. The fourth-order valence-electron chi connectivity index (χ4n) is 2.88. The van der Waals surface area contributed by atoms with E-state index in [2.05, 4.69) is 16.3 Å². The van der Waals surface area contributed by atoms with Crippen molar-refractivity contribution in [2.24, 2.45) is 5.41 Å². The Morgan fingerprint density at radius 1 is 1.41 bits per heavy atom. The number of amides is 1. The molecule has 22 heavy (non-hydrogen) atoms. The molecule has 0 unspecified atom stereocenters. The number of nitrogens with one attached hydrogen (secondary N) is 1. The molecule has 4 nitrogen and oxygen atoms in total. The molecule has 1 N–H and O–H groups in total. The Morgan fingerprint density at radius 3 is 2.91 bits per heavy atom. The van der Waals surface area contributed by atoms with Gasteiger partial charge in [0.05, 0.1) is 12.0 Å². The topological polar surface area (TPSA) is 46.9 Å². The quantitative estimate of drug-likeness (QED) is 0.861. The second-order valence-electron chi connectivity index (χ2n) is 5.87. The first-order valence-corrected chi connectivity index (χ1v) is 7.53. The predicted octanol–water partition coefficient (Wildman–Crippen LogP) is 3.06. The third kappa shape index (κ3) is 2.89. The lowest BCUT2D eigenvalue weighted by Gasteiger charge is -2.38. The molecule has 2 aromatic rings. The summed E-state index contributed by atoms with van der Waals surface area (Å²) in [6, 6.07) is 9.77. The summed E-state index contributed by atoms with van der Waals surface area (Å²) in [4.78, 5) is 12.5. The van der Waals surface area contributed by atoms with Crippen LogP contribution in [0.4, 0.5) is 5.69 Å². The molecule has 0 bridgehead atoms. The molecular weight excluding hydrogens is 274 g/mol. The van der Waals surface area contributed by atoms with Crippen molar-refractivity contribution in [2.45, 2.75) is 32.2 Å². The van der Waals surface area contributed by atoms with Crippen molar-refractivity contribution in [3.63, 3.8) is 0 Å². The molecule has 4 heteroatoms. The molecule has 1 aliphatic rings. The second-order valence-corrected chi connectivity index (χ2v) is 5.87. The van der Waals surface area contributed by atoms with Gasteiger partial charge in [0.1, 0.15) is 0 Å². The van der Waals surface area contributed by atoms with Gasteiger partial charge in [-0.05, 0) is 36.6 Å². The molecule has 0 radical (unpaired) electrons. The molecule has 1 aromatic carbocycles. The molecule has 0 aliphatic heterocycles. The maximum Gasteiger partial charge on any atom is 0.231 e. The van der Waals surface area contributed by atoms with Crippen LogP contribution in [0.2, 0.25) is 0 Å². The standard InChI is InChI=1S/C18H19N3O/c1-2-8-18(9-4-10-18)17(22)20-16-7-3-6-15(13-16)14-21-12-5-11-19-21/h1,3,5-7,11-13H,4,8-10,14H2,(H,20,22). The van der Waals surface area contributed by atoms with Gasteiger partial charge in [0.25, 0.3) is 0 Å². The fraction of sp³-hybridized carbons (Fsp3) is 0.333. The molecule has 1 saturated carbocycles. The van der Waals surface area contributed by atoms with Crippen molar-refractivity contribution in [3.05, 3.63) is 48.3 Å². The minimum atomic E-state index is -0.354.